The van der Waals surface area contributed by atoms with Gasteiger partial charge >= 0.3 is 5.97 Å². The van der Waals surface area contributed by atoms with Crippen molar-refractivity contribution in [1.29, 1.82) is 0 Å². The van der Waals surface area contributed by atoms with Crippen LogP contribution in [0.1, 0.15) is 28.9 Å². The molecular weight excluding hydrogens is 466 g/mol. The van der Waals surface area contributed by atoms with Crippen LogP contribution in [0.4, 0.5) is 8.78 Å². The molecule has 5 aromatic rings. The van der Waals surface area contributed by atoms with Gasteiger partial charge in [-0.3, -0.25) is 4.79 Å². The highest BCUT2D eigenvalue weighted by molar-refractivity contribution is 5.85. The number of hydrogen-bond acceptors (Lipinski definition) is 4. The molecule has 3 aromatic carbocycles. The van der Waals surface area contributed by atoms with E-state index >= 15 is 0 Å². The largest absolute Gasteiger partial charge is 0.481 e. The number of aryl methyl sites for hydroxylation is 2. The SMILES string of the molecule is Cc1c(Oc2ccc(F)c(-c3nnc(Cc4cccc(CCC(=O)O)c4)[nH]3)c2)c(F)cc2[nH]ccc12. The predicted octanol–water partition coefficient (Wildman–Crippen LogP) is 5.94. The van der Waals surface area contributed by atoms with Crippen molar-refractivity contribution in [3.05, 3.63) is 94.9 Å². The highest BCUT2D eigenvalue weighted by Crippen LogP contribution is 2.35. The van der Waals surface area contributed by atoms with Gasteiger partial charge in [-0.25, -0.2) is 8.78 Å². The predicted molar refractivity (Wildman–Crippen MR) is 130 cm³/mol. The van der Waals surface area contributed by atoms with Gasteiger partial charge in [-0.05, 0) is 48.7 Å². The summed E-state index contributed by atoms with van der Waals surface area (Å²) in [5, 5.41) is 17.9. The van der Waals surface area contributed by atoms with Crippen LogP contribution in [0.5, 0.6) is 11.5 Å². The number of aromatic amines is 2. The van der Waals surface area contributed by atoms with Gasteiger partial charge < -0.3 is 19.8 Å². The average Bonchev–Trinajstić information content (AvgIpc) is 3.51. The number of benzene rings is 3. The molecule has 5 rings (SSSR count). The van der Waals surface area contributed by atoms with Crippen LogP contribution in [0.2, 0.25) is 0 Å². The van der Waals surface area contributed by atoms with E-state index in [4.69, 9.17) is 9.84 Å². The number of nitrogens with one attached hydrogen (secondary N) is 2. The van der Waals surface area contributed by atoms with Crippen molar-refractivity contribution >= 4 is 16.9 Å². The summed E-state index contributed by atoms with van der Waals surface area (Å²) >= 11 is 0. The van der Waals surface area contributed by atoms with E-state index in [1.165, 1.54) is 24.3 Å². The maximum absolute atomic E-state index is 14.7. The molecule has 0 aliphatic rings. The van der Waals surface area contributed by atoms with Gasteiger partial charge in [-0.15, -0.1) is 10.2 Å². The zero-order valence-corrected chi connectivity index (χ0v) is 19.3. The number of rotatable bonds is 8. The number of carboxylic acid groups (broad SMARTS) is 1. The number of carboxylic acids is 1. The number of aliphatic carboxylic acids is 1. The van der Waals surface area contributed by atoms with Crippen LogP contribution in [-0.4, -0.2) is 31.2 Å². The standard InChI is InChI=1S/C27H22F2N4O3/c1-15-19-9-10-30-23(19)14-22(29)26(15)36-18-6-7-21(28)20(13-18)27-31-24(32-33-27)12-17-4-2-3-16(11-17)5-8-25(34)35/h2-4,6-7,9-11,13-14,30H,5,8,12H2,1H3,(H,34,35)(H,31,32,33). The van der Waals surface area contributed by atoms with Crippen LogP contribution < -0.4 is 4.74 Å². The molecule has 0 aliphatic carbocycles. The van der Waals surface area contributed by atoms with Crippen LogP contribution in [0.3, 0.4) is 0 Å². The molecule has 3 N–H and O–H groups in total. The summed E-state index contributed by atoms with van der Waals surface area (Å²) in [6, 6.07) is 14.9. The molecule has 9 heteroatoms. The molecule has 36 heavy (non-hydrogen) atoms. The molecule has 2 aromatic heterocycles. The second-order valence-electron chi connectivity index (χ2n) is 8.51. The summed E-state index contributed by atoms with van der Waals surface area (Å²) in [5.74, 6) is -0.844. The third-order valence-corrected chi connectivity index (χ3v) is 5.95. The van der Waals surface area contributed by atoms with E-state index in [1.807, 2.05) is 30.3 Å². The monoisotopic (exact) mass is 488 g/mol. The third kappa shape index (κ3) is 4.81. The highest BCUT2D eigenvalue weighted by atomic mass is 19.1. The number of ether oxygens (including phenoxy) is 1. The molecule has 0 amide bonds. The number of fused-ring (bicyclic) bond motifs is 1. The Morgan fingerprint density at radius 1 is 1.03 bits per heavy atom. The van der Waals surface area contributed by atoms with Gasteiger partial charge in [0, 0.05) is 41.6 Å². The lowest BCUT2D eigenvalue weighted by atomic mass is 10.0. The summed E-state index contributed by atoms with van der Waals surface area (Å²) in [6.07, 6.45) is 2.62. The average molecular weight is 488 g/mol. The first kappa shape index (κ1) is 23.2. The number of nitrogens with zero attached hydrogens (tertiary/aromatic N) is 2. The Morgan fingerprint density at radius 2 is 1.86 bits per heavy atom. The summed E-state index contributed by atoms with van der Waals surface area (Å²) in [4.78, 5) is 16.8. The quantitative estimate of drug-likeness (QED) is 0.251. The Balaban J connectivity index is 1.37. The van der Waals surface area contributed by atoms with Gasteiger partial charge in [0.05, 0.1) is 5.56 Å². The number of H-pyrrole nitrogens is 2. The third-order valence-electron chi connectivity index (χ3n) is 5.95. The number of hydrogen-bond donors (Lipinski definition) is 3. The lowest BCUT2D eigenvalue weighted by molar-refractivity contribution is -0.136. The van der Waals surface area contributed by atoms with Crippen molar-refractivity contribution in [3.8, 4) is 22.9 Å². The highest BCUT2D eigenvalue weighted by Gasteiger charge is 2.17. The Morgan fingerprint density at radius 3 is 2.69 bits per heavy atom. The number of aromatic nitrogens is 4. The minimum Gasteiger partial charge on any atom is -0.481 e. The number of halogens is 2. The van der Waals surface area contributed by atoms with Crippen LogP contribution in [-0.2, 0) is 17.6 Å². The van der Waals surface area contributed by atoms with Gasteiger partial charge in [-0.2, -0.15) is 0 Å². The summed E-state index contributed by atoms with van der Waals surface area (Å²) < 4.78 is 35.2. The van der Waals surface area contributed by atoms with Gasteiger partial charge in [-0.1, -0.05) is 24.3 Å². The summed E-state index contributed by atoms with van der Waals surface area (Å²) in [7, 11) is 0. The normalized spacial score (nSPS) is 11.2. The fraction of sp³-hybridized carbons (Fsp3) is 0.148. The molecule has 0 bridgehead atoms. The van der Waals surface area contributed by atoms with Crippen LogP contribution in [0.25, 0.3) is 22.3 Å². The molecule has 0 aliphatic heterocycles. The molecule has 0 spiro atoms. The fourth-order valence-electron chi connectivity index (χ4n) is 4.15. The van der Waals surface area contributed by atoms with Gasteiger partial charge in [0.15, 0.2) is 17.4 Å². The first-order chi connectivity index (χ1) is 17.4. The summed E-state index contributed by atoms with van der Waals surface area (Å²) in [5.41, 5.74) is 3.26. The van der Waals surface area contributed by atoms with E-state index in [1.54, 1.807) is 13.1 Å². The minimum atomic E-state index is -0.851. The second kappa shape index (κ2) is 9.61. The molecule has 182 valence electrons. The van der Waals surface area contributed by atoms with Gasteiger partial charge in [0.2, 0.25) is 0 Å². The van der Waals surface area contributed by atoms with Crippen molar-refractivity contribution < 1.29 is 23.4 Å². The summed E-state index contributed by atoms with van der Waals surface area (Å²) in [6.45, 7) is 1.76. The van der Waals surface area contributed by atoms with Gasteiger partial charge in [0.1, 0.15) is 17.4 Å². The van der Waals surface area contributed by atoms with Crippen molar-refractivity contribution in [1.82, 2.24) is 20.2 Å². The molecule has 0 saturated carbocycles. The lowest BCUT2D eigenvalue weighted by Gasteiger charge is -2.12. The molecule has 7 nitrogen and oxygen atoms in total. The molecule has 0 radical (unpaired) electrons. The van der Waals surface area contributed by atoms with E-state index in [-0.39, 0.29) is 29.3 Å². The fourth-order valence-corrected chi connectivity index (χ4v) is 4.15. The topological polar surface area (TPSA) is 104 Å². The van der Waals surface area contributed by atoms with Crippen molar-refractivity contribution in [3.63, 3.8) is 0 Å². The van der Waals surface area contributed by atoms with Crippen LogP contribution in [0.15, 0.2) is 60.8 Å². The second-order valence-corrected chi connectivity index (χ2v) is 8.51. The zero-order valence-electron chi connectivity index (χ0n) is 19.3. The van der Waals surface area contributed by atoms with E-state index in [2.05, 4.69) is 20.2 Å². The maximum atomic E-state index is 14.7. The van der Waals surface area contributed by atoms with Crippen molar-refractivity contribution in [2.75, 3.05) is 0 Å². The Kier molecular flexibility index (Phi) is 6.20. The Labute approximate surface area is 204 Å². The molecule has 0 atom stereocenters. The number of carbonyl (C=O) groups is 1. The zero-order chi connectivity index (χ0) is 25.2. The van der Waals surface area contributed by atoms with Gasteiger partial charge in [0.25, 0.3) is 0 Å². The first-order valence-electron chi connectivity index (χ1n) is 11.3. The molecular formula is C27H22F2N4O3. The minimum absolute atomic E-state index is 0.0517. The van der Waals surface area contributed by atoms with Crippen molar-refractivity contribution in [2.45, 2.75) is 26.2 Å². The Hall–Kier alpha value is -4.53. The molecule has 0 unspecified atom stereocenters. The Bertz CT molecular complexity index is 1570. The molecule has 2 heterocycles. The van der Waals surface area contributed by atoms with Crippen LogP contribution in [0, 0.1) is 18.6 Å². The lowest BCUT2D eigenvalue weighted by Crippen LogP contribution is -1.98. The van der Waals surface area contributed by atoms with Crippen molar-refractivity contribution in [2.24, 2.45) is 0 Å². The first-order valence-corrected chi connectivity index (χ1v) is 11.3. The molecule has 0 fully saturated rings. The van der Waals surface area contributed by atoms with E-state index in [0.717, 1.165) is 16.5 Å². The van der Waals surface area contributed by atoms with E-state index in [0.29, 0.717) is 29.7 Å². The smallest absolute Gasteiger partial charge is 0.303 e. The van der Waals surface area contributed by atoms with E-state index < -0.39 is 17.6 Å². The van der Waals surface area contributed by atoms with Crippen LogP contribution >= 0.6 is 0 Å². The maximum Gasteiger partial charge on any atom is 0.303 e. The molecule has 0 saturated heterocycles. The van der Waals surface area contributed by atoms with E-state index in [9.17, 15) is 13.6 Å².